The maximum atomic E-state index is 11.6. The third-order valence-corrected chi connectivity index (χ3v) is 2.90. The van der Waals surface area contributed by atoms with Gasteiger partial charge in [-0.25, -0.2) is 4.98 Å². The van der Waals surface area contributed by atoms with Gasteiger partial charge in [0.05, 0.1) is 11.6 Å². The Balaban J connectivity index is 1.94. The summed E-state index contributed by atoms with van der Waals surface area (Å²) in [7, 11) is 0. The Kier molecular flexibility index (Phi) is 3.26. The van der Waals surface area contributed by atoms with Gasteiger partial charge in [0.25, 0.3) is 5.91 Å². The SMILES string of the molecule is Cc1ncc(CNC(=O)c2ccccn2)s1. The smallest absolute Gasteiger partial charge is 0.270 e. The van der Waals surface area contributed by atoms with Gasteiger partial charge in [0.1, 0.15) is 5.69 Å². The van der Waals surface area contributed by atoms with Crippen LogP contribution in [0.15, 0.2) is 30.6 Å². The molecule has 2 heterocycles. The van der Waals surface area contributed by atoms with Crippen LogP contribution in [0.2, 0.25) is 0 Å². The van der Waals surface area contributed by atoms with Crippen molar-refractivity contribution in [1.82, 2.24) is 15.3 Å². The van der Waals surface area contributed by atoms with Gasteiger partial charge in [-0.05, 0) is 19.1 Å². The number of rotatable bonds is 3. The number of nitrogens with zero attached hydrogens (tertiary/aromatic N) is 2. The van der Waals surface area contributed by atoms with Crippen LogP contribution >= 0.6 is 11.3 Å². The van der Waals surface area contributed by atoms with E-state index in [1.54, 1.807) is 41.9 Å². The molecule has 1 N–H and O–H groups in total. The Morgan fingerprint density at radius 2 is 2.31 bits per heavy atom. The van der Waals surface area contributed by atoms with Crippen molar-refractivity contribution in [2.75, 3.05) is 0 Å². The molecule has 0 aromatic carbocycles. The first kappa shape index (κ1) is 10.8. The molecule has 0 aliphatic carbocycles. The molecule has 0 saturated carbocycles. The number of amides is 1. The van der Waals surface area contributed by atoms with Crippen LogP contribution in [0.3, 0.4) is 0 Å². The fraction of sp³-hybridized carbons (Fsp3) is 0.182. The number of carbonyl (C=O) groups excluding carboxylic acids is 1. The van der Waals surface area contributed by atoms with Crippen molar-refractivity contribution in [2.24, 2.45) is 0 Å². The highest BCUT2D eigenvalue weighted by atomic mass is 32.1. The van der Waals surface area contributed by atoms with E-state index in [1.807, 2.05) is 6.92 Å². The molecule has 0 aliphatic rings. The molecule has 0 atom stereocenters. The van der Waals surface area contributed by atoms with E-state index in [-0.39, 0.29) is 5.91 Å². The lowest BCUT2D eigenvalue weighted by Gasteiger charge is -2.01. The molecule has 2 rings (SSSR count). The van der Waals surface area contributed by atoms with Crippen molar-refractivity contribution in [3.63, 3.8) is 0 Å². The van der Waals surface area contributed by atoms with Crippen molar-refractivity contribution >= 4 is 17.2 Å². The molecule has 0 unspecified atom stereocenters. The van der Waals surface area contributed by atoms with Gasteiger partial charge in [0.2, 0.25) is 0 Å². The second kappa shape index (κ2) is 4.85. The average molecular weight is 233 g/mol. The molecule has 0 bridgehead atoms. The predicted molar refractivity (Wildman–Crippen MR) is 62.3 cm³/mol. The third-order valence-electron chi connectivity index (χ3n) is 1.99. The van der Waals surface area contributed by atoms with E-state index >= 15 is 0 Å². The third kappa shape index (κ3) is 2.64. The molecule has 0 fully saturated rings. The number of thiazole rings is 1. The van der Waals surface area contributed by atoms with E-state index in [9.17, 15) is 4.79 Å². The van der Waals surface area contributed by atoms with Crippen LogP contribution in [-0.2, 0) is 6.54 Å². The summed E-state index contributed by atoms with van der Waals surface area (Å²) < 4.78 is 0. The molecule has 5 heteroatoms. The normalized spacial score (nSPS) is 10.1. The maximum Gasteiger partial charge on any atom is 0.270 e. The maximum absolute atomic E-state index is 11.6. The number of aromatic nitrogens is 2. The van der Waals surface area contributed by atoms with E-state index in [4.69, 9.17) is 0 Å². The Labute approximate surface area is 97.4 Å². The zero-order valence-corrected chi connectivity index (χ0v) is 9.62. The Morgan fingerprint density at radius 1 is 1.44 bits per heavy atom. The van der Waals surface area contributed by atoms with Crippen molar-refractivity contribution in [3.05, 3.63) is 46.2 Å². The minimum Gasteiger partial charge on any atom is -0.346 e. The van der Waals surface area contributed by atoms with E-state index in [2.05, 4.69) is 15.3 Å². The molecule has 0 radical (unpaired) electrons. The van der Waals surface area contributed by atoms with Gasteiger partial charge >= 0.3 is 0 Å². The lowest BCUT2D eigenvalue weighted by atomic mass is 10.3. The first-order valence-corrected chi connectivity index (χ1v) is 5.68. The predicted octanol–water partition coefficient (Wildman–Crippen LogP) is 1.78. The summed E-state index contributed by atoms with van der Waals surface area (Å²) in [5, 5.41) is 3.80. The molecule has 16 heavy (non-hydrogen) atoms. The molecule has 2 aromatic heterocycles. The fourth-order valence-electron chi connectivity index (χ4n) is 1.24. The molecule has 82 valence electrons. The fourth-order valence-corrected chi connectivity index (χ4v) is 1.98. The number of nitrogens with one attached hydrogen (secondary N) is 1. The minimum atomic E-state index is -0.161. The number of aryl methyl sites for hydroxylation is 1. The molecule has 0 saturated heterocycles. The summed E-state index contributed by atoms with van der Waals surface area (Å²) in [4.78, 5) is 20.8. The lowest BCUT2D eigenvalue weighted by molar-refractivity contribution is 0.0946. The molecule has 2 aromatic rings. The molecule has 0 spiro atoms. The first-order valence-electron chi connectivity index (χ1n) is 4.86. The van der Waals surface area contributed by atoms with E-state index in [0.717, 1.165) is 9.88 Å². The zero-order valence-electron chi connectivity index (χ0n) is 8.80. The van der Waals surface area contributed by atoms with Crippen LogP contribution in [0.25, 0.3) is 0 Å². The van der Waals surface area contributed by atoms with Crippen LogP contribution < -0.4 is 5.32 Å². The van der Waals surface area contributed by atoms with E-state index < -0.39 is 0 Å². The molecule has 4 nitrogen and oxygen atoms in total. The summed E-state index contributed by atoms with van der Waals surface area (Å²) >= 11 is 1.58. The quantitative estimate of drug-likeness (QED) is 0.879. The van der Waals surface area contributed by atoms with E-state index in [0.29, 0.717) is 12.2 Å². The second-order valence-corrected chi connectivity index (χ2v) is 4.56. The number of carbonyl (C=O) groups is 1. The highest BCUT2D eigenvalue weighted by Gasteiger charge is 2.06. The van der Waals surface area contributed by atoms with Gasteiger partial charge in [-0.2, -0.15) is 0 Å². The van der Waals surface area contributed by atoms with Crippen molar-refractivity contribution in [1.29, 1.82) is 0 Å². The second-order valence-electron chi connectivity index (χ2n) is 3.24. The number of hydrogen-bond acceptors (Lipinski definition) is 4. The Bertz CT molecular complexity index is 481. The van der Waals surface area contributed by atoms with Gasteiger partial charge in [-0.15, -0.1) is 11.3 Å². The monoisotopic (exact) mass is 233 g/mol. The number of pyridine rings is 1. The van der Waals surface area contributed by atoms with Gasteiger partial charge in [0.15, 0.2) is 0 Å². The van der Waals surface area contributed by atoms with Crippen molar-refractivity contribution in [3.8, 4) is 0 Å². The van der Waals surface area contributed by atoms with Crippen LogP contribution in [0, 0.1) is 6.92 Å². The average Bonchev–Trinajstić information content (AvgIpc) is 2.73. The Morgan fingerprint density at radius 3 is 2.94 bits per heavy atom. The Hall–Kier alpha value is -1.75. The molecule has 1 amide bonds. The minimum absolute atomic E-state index is 0.161. The standard InChI is InChI=1S/C11H11N3OS/c1-8-13-6-9(16-8)7-14-11(15)10-4-2-3-5-12-10/h2-6H,7H2,1H3,(H,14,15). The lowest BCUT2D eigenvalue weighted by Crippen LogP contribution is -2.23. The van der Waals surface area contributed by atoms with Crippen molar-refractivity contribution < 1.29 is 4.79 Å². The number of hydrogen-bond donors (Lipinski definition) is 1. The summed E-state index contributed by atoms with van der Waals surface area (Å²) in [6, 6.07) is 5.26. The van der Waals surface area contributed by atoms with Crippen molar-refractivity contribution in [2.45, 2.75) is 13.5 Å². The molecular weight excluding hydrogens is 222 g/mol. The highest BCUT2D eigenvalue weighted by Crippen LogP contribution is 2.10. The summed E-state index contributed by atoms with van der Waals surface area (Å²) in [6.45, 7) is 2.44. The van der Waals surface area contributed by atoms with Crippen LogP contribution in [0.4, 0.5) is 0 Å². The summed E-state index contributed by atoms with van der Waals surface area (Å²) in [5.74, 6) is -0.161. The van der Waals surface area contributed by atoms with Crippen LogP contribution in [-0.4, -0.2) is 15.9 Å². The van der Waals surface area contributed by atoms with Gasteiger partial charge in [0, 0.05) is 17.3 Å². The van der Waals surface area contributed by atoms with E-state index in [1.165, 1.54) is 0 Å². The zero-order chi connectivity index (χ0) is 11.4. The summed E-state index contributed by atoms with van der Waals surface area (Å²) in [6.07, 6.45) is 3.38. The molecular formula is C11H11N3OS. The summed E-state index contributed by atoms with van der Waals surface area (Å²) in [5.41, 5.74) is 0.434. The largest absolute Gasteiger partial charge is 0.346 e. The highest BCUT2D eigenvalue weighted by molar-refractivity contribution is 7.11. The van der Waals surface area contributed by atoms with Crippen LogP contribution in [0.5, 0.6) is 0 Å². The molecule has 0 aliphatic heterocycles. The van der Waals surface area contributed by atoms with Gasteiger partial charge in [-0.3, -0.25) is 9.78 Å². The van der Waals surface area contributed by atoms with Gasteiger partial charge < -0.3 is 5.32 Å². The topological polar surface area (TPSA) is 54.9 Å². The van der Waals surface area contributed by atoms with Gasteiger partial charge in [-0.1, -0.05) is 6.07 Å². The van der Waals surface area contributed by atoms with Crippen LogP contribution in [0.1, 0.15) is 20.4 Å². The first-order chi connectivity index (χ1) is 7.75.